The molecule has 0 saturated heterocycles. The van der Waals surface area contributed by atoms with Crippen LogP contribution in [0.25, 0.3) is 71.7 Å². The summed E-state index contributed by atoms with van der Waals surface area (Å²) < 4.78 is 2.47. The minimum absolute atomic E-state index is 0.152. The fourth-order valence-electron chi connectivity index (χ4n) is 11.2. The van der Waals surface area contributed by atoms with E-state index in [0.717, 1.165) is 17.1 Å². The van der Waals surface area contributed by atoms with Gasteiger partial charge in [0.1, 0.15) is 0 Å². The third kappa shape index (κ3) is 6.63. The molecular formula is C62H54N2. The Balaban J connectivity index is 1.15. The molecule has 1 fully saturated rings. The Labute approximate surface area is 378 Å². The summed E-state index contributed by atoms with van der Waals surface area (Å²) in [7, 11) is 0. The van der Waals surface area contributed by atoms with Gasteiger partial charge in [-0.1, -0.05) is 191 Å². The number of anilines is 3. The van der Waals surface area contributed by atoms with Crippen LogP contribution in [0.15, 0.2) is 206 Å². The van der Waals surface area contributed by atoms with E-state index in [1.165, 1.54) is 120 Å². The number of hydrogen-bond donors (Lipinski definition) is 0. The van der Waals surface area contributed by atoms with E-state index in [9.17, 15) is 0 Å². The van der Waals surface area contributed by atoms with E-state index in [1.807, 2.05) is 0 Å². The number of rotatable bonds is 9. The zero-order valence-electron chi connectivity index (χ0n) is 37.2. The minimum Gasteiger partial charge on any atom is -0.313 e. The smallest absolute Gasteiger partial charge is 0.0558 e. The van der Waals surface area contributed by atoms with Crippen LogP contribution in [0.5, 0.6) is 0 Å². The maximum Gasteiger partial charge on any atom is 0.0558 e. The van der Waals surface area contributed by atoms with E-state index < -0.39 is 0 Å². The van der Waals surface area contributed by atoms with Crippen LogP contribution in [0.2, 0.25) is 0 Å². The Hall–Kier alpha value is -7.16. The normalized spacial score (nSPS) is 15.1. The predicted octanol–water partition coefficient (Wildman–Crippen LogP) is 17.6. The van der Waals surface area contributed by atoms with Crippen molar-refractivity contribution in [2.45, 2.75) is 58.3 Å². The molecule has 2 heteroatoms. The van der Waals surface area contributed by atoms with Crippen molar-refractivity contribution in [2.75, 3.05) is 4.90 Å². The van der Waals surface area contributed by atoms with Crippen molar-refractivity contribution in [3.05, 3.63) is 217 Å². The molecule has 1 aromatic heterocycles. The molecule has 0 unspecified atom stereocenters. The number of nitrogens with zero attached hydrogens (tertiary/aromatic N) is 2. The van der Waals surface area contributed by atoms with Gasteiger partial charge in [-0.25, -0.2) is 0 Å². The third-order valence-corrected chi connectivity index (χ3v) is 14.3. The van der Waals surface area contributed by atoms with Crippen molar-refractivity contribution < 1.29 is 0 Å². The van der Waals surface area contributed by atoms with Gasteiger partial charge < -0.3 is 9.47 Å². The molecule has 1 heterocycles. The predicted molar refractivity (Wildman–Crippen MR) is 275 cm³/mol. The third-order valence-electron chi connectivity index (χ3n) is 14.3. The lowest BCUT2D eigenvalue weighted by Gasteiger charge is -2.30. The number of fused-ring (bicyclic) bond motifs is 7. The van der Waals surface area contributed by atoms with E-state index >= 15 is 0 Å². The summed E-state index contributed by atoms with van der Waals surface area (Å²) >= 11 is 0. The van der Waals surface area contributed by atoms with E-state index in [1.54, 1.807) is 0 Å². The Bertz CT molecular complexity index is 3310. The van der Waals surface area contributed by atoms with Crippen LogP contribution in [0.4, 0.5) is 17.1 Å². The van der Waals surface area contributed by atoms with E-state index in [0.29, 0.717) is 5.92 Å². The van der Waals surface area contributed by atoms with Gasteiger partial charge in [0.05, 0.1) is 16.7 Å². The second-order valence-corrected chi connectivity index (χ2v) is 18.4. The van der Waals surface area contributed by atoms with E-state index in [-0.39, 0.29) is 5.41 Å². The number of para-hydroxylation sites is 2. The maximum atomic E-state index is 4.26. The van der Waals surface area contributed by atoms with Crippen LogP contribution in [-0.2, 0) is 5.41 Å². The summed E-state index contributed by atoms with van der Waals surface area (Å²) in [5, 5.41) is 4.98. The highest BCUT2D eigenvalue weighted by atomic mass is 15.1. The molecule has 0 bridgehead atoms. The highest BCUT2D eigenvalue weighted by molar-refractivity contribution is 6.12. The molecule has 9 aromatic rings. The quantitative estimate of drug-likeness (QED) is 0.132. The van der Waals surface area contributed by atoms with E-state index in [2.05, 4.69) is 231 Å². The van der Waals surface area contributed by atoms with Crippen LogP contribution in [0.1, 0.15) is 64.0 Å². The molecule has 64 heavy (non-hydrogen) atoms. The average molecular weight is 827 g/mol. The molecular weight excluding hydrogens is 773 g/mol. The molecule has 0 amide bonds. The van der Waals surface area contributed by atoms with Gasteiger partial charge in [-0.2, -0.15) is 0 Å². The summed E-state index contributed by atoms with van der Waals surface area (Å²) in [5.41, 5.74) is 18.4. The van der Waals surface area contributed by atoms with Crippen molar-refractivity contribution in [3.63, 3.8) is 0 Å². The summed E-state index contributed by atoms with van der Waals surface area (Å²) in [6, 6.07) is 65.4. The summed E-state index contributed by atoms with van der Waals surface area (Å²) in [5.74, 6) is 0.587. The van der Waals surface area contributed by atoms with Gasteiger partial charge in [0.15, 0.2) is 0 Å². The van der Waals surface area contributed by atoms with Gasteiger partial charge in [0, 0.05) is 38.8 Å². The highest BCUT2D eigenvalue weighted by Gasteiger charge is 2.36. The Morgan fingerprint density at radius 1 is 0.562 bits per heavy atom. The van der Waals surface area contributed by atoms with Crippen molar-refractivity contribution in [3.8, 4) is 33.4 Å². The molecule has 0 N–H and O–H groups in total. The van der Waals surface area contributed by atoms with Crippen molar-refractivity contribution in [2.24, 2.45) is 5.92 Å². The zero-order chi connectivity index (χ0) is 43.4. The molecule has 0 radical (unpaired) electrons. The molecule has 0 atom stereocenters. The van der Waals surface area contributed by atoms with Gasteiger partial charge >= 0.3 is 0 Å². The molecule has 0 spiro atoms. The molecule has 2 aliphatic rings. The molecule has 8 aromatic carbocycles. The number of benzene rings is 8. The lowest BCUT2D eigenvalue weighted by molar-refractivity contribution is 0.408. The molecule has 2 aliphatic carbocycles. The van der Waals surface area contributed by atoms with Crippen molar-refractivity contribution >= 4 is 55.3 Å². The summed E-state index contributed by atoms with van der Waals surface area (Å²) in [4.78, 5) is 2.51. The first-order valence-electron chi connectivity index (χ1n) is 23.2. The highest BCUT2D eigenvalue weighted by Crippen LogP contribution is 2.52. The lowest BCUT2D eigenvalue weighted by atomic mass is 9.82. The molecule has 1 saturated carbocycles. The van der Waals surface area contributed by atoms with Gasteiger partial charge in [0.2, 0.25) is 0 Å². The van der Waals surface area contributed by atoms with Gasteiger partial charge in [-0.3, -0.25) is 0 Å². The number of allylic oxidation sites excluding steroid dienone is 5. The Kier molecular flexibility index (Phi) is 10.0. The molecule has 312 valence electrons. The first kappa shape index (κ1) is 39.7. The van der Waals surface area contributed by atoms with Gasteiger partial charge in [0.25, 0.3) is 0 Å². The monoisotopic (exact) mass is 826 g/mol. The second kappa shape index (κ2) is 16.2. The lowest BCUT2D eigenvalue weighted by Crippen LogP contribution is -2.17. The second-order valence-electron chi connectivity index (χ2n) is 18.4. The zero-order valence-corrected chi connectivity index (χ0v) is 37.2. The maximum absolute atomic E-state index is 4.26. The van der Waals surface area contributed by atoms with E-state index in [4.69, 9.17) is 0 Å². The minimum atomic E-state index is -0.152. The standard InChI is InChI=1S/C62H54N2/c1-5-43(44-20-8-6-9-21-44)35-34-42(2)63-58-32-16-13-27-52(58)54-39-37-48(41-60(54)63)64(47-36-38-51-50-26-12-15-31-56(50)62(3,4)57(51)40-47)59-33-17-14-28-53(59)55-30-19-25-46-24-18-29-49(61(46)55)45-22-10-7-11-23-45/h5,7,10-19,22-41,44H,1,6,8-9,20-21H2,2-4H3/b42-34+,43-35+. The van der Waals surface area contributed by atoms with Crippen LogP contribution in [0.3, 0.4) is 0 Å². The van der Waals surface area contributed by atoms with Crippen LogP contribution >= 0.6 is 0 Å². The average Bonchev–Trinajstić information content (AvgIpc) is 3.79. The van der Waals surface area contributed by atoms with Crippen LogP contribution in [0, 0.1) is 5.92 Å². The van der Waals surface area contributed by atoms with Gasteiger partial charge in [-0.15, -0.1) is 0 Å². The Morgan fingerprint density at radius 2 is 1.20 bits per heavy atom. The fraction of sp³-hybridized carbons (Fsp3) is 0.161. The molecule has 11 rings (SSSR count). The van der Waals surface area contributed by atoms with Crippen molar-refractivity contribution in [1.82, 2.24) is 4.57 Å². The topological polar surface area (TPSA) is 8.17 Å². The van der Waals surface area contributed by atoms with Crippen molar-refractivity contribution in [1.29, 1.82) is 0 Å². The number of hydrogen-bond acceptors (Lipinski definition) is 1. The first-order chi connectivity index (χ1) is 31.4. The van der Waals surface area contributed by atoms with Gasteiger partial charge in [-0.05, 0) is 123 Å². The number of aromatic nitrogens is 1. The summed E-state index contributed by atoms with van der Waals surface area (Å²) in [6.45, 7) is 11.3. The largest absolute Gasteiger partial charge is 0.313 e. The summed E-state index contributed by atoms with van der Waals surface area (Å²) in [6.07, 6.45) is 13.2. The Morgan fingerprint density at radius 3 is 2.02 bits per heavy atom. The molecule has 0 aliphatic heterocycles. The van der Waals surface area contributed by atoms with Crippen LogP contribution < -0.4 is 4.90 Å². The molecule has 2 nitrogen and oxygen atoms in total. The fourth-order valence-corrected chi connectivity index (χ4v) is 11.2. The SMILES string of the molecule is C=C/C(=C\C=C(/C)n1c2ccccc2c2ccc(N(c3ccc4c(c3)C(C)(C)c3ccccc3-4)c3ccccc3-c3cccc4cccc(-c5ccccc5)c34)cc21)C1CCCCC1. The van der Waals surface area contributed by atoms with Crippen LogP contribution in [-0.4, -0.2) is 4.57 Å². The first-order valence-corrected chi connectivity index (χ1v) is 23.2.